The van der Waals surface area contributed by atoms with Crippen LogP contribution in [0.2, 0.25) is 0 Å². The van der Waals surface area contributed by atoms with Crippen LogP contribution in [0.4, 0.5) is 18.3 Å². The van der Waals surface area contributed by atoms with Crippen molar-refractivity contribution in [2.45, 2.75) is 12.6 Å². The van der Waals surface area contributed by atoms with Crippen molar-refractivity contribution in [1.29, 1.82) is 0 Å². The fraction of sp³-hybridized carbons (Fsp3) is 0.167. The molecule has 0 saturated carbocycles. The molecule has 7 heteroatoms. The predicted octanol–water partition coefficient (Wildman–Crippen LogP) is 3.31. The van der Waals surface area contributed by atoms with Crippen molar-refractivity contribution < 1.29 is 13.2 Å². The minimum atomic E-state index is -4.41. The molecule has 0 amide bonds. The molecule has 0 fully saturated rings. The number of nitrogens with two attached hydrogens (primary N) is 1. The maximum Gasteiger partial charge on any atom is 0.416 e. The van der Waals surface area contributed by atoms with Gasteiger partial charge in [-0.15, -0.1) is 10.2 Å². The van der Waals surface area contributed by atoms with Gasteiger partial charge in [-0.2, -0.15) is 13.2 Å². The highest BCUT2D eigenvalue weighted by atomic mass is 32.1. The molecule has 1 aromatic heterocycles. The Bertz CT molecular complexity index is 575. The van der Waals surface area contributed by atoms with Crippen LogP contribution in [0, 0.1) is 0 Å². The van der Waals surface area contributed by atoms with Crippen molar-refractivity contribution in [3.8, 4) is 0 Å². The van der Waals surface area contributed by atoms with Crippen molar-refractivity contribution in [3.63, 3.8) is 0 Å². The standard InChI is InChI=1S/C12H10F3N3S/c13-12(14,15)9(8-4-2-1-3-5-8)6-7-10-17-18-11(16)19-10/h1-6H,7H2,(H2,16,18). The number of hydrogen-bond acceptors (Lipinski definition) is 4. The number of halogens is 3. The van der Waals surface area contributed by atoms with Crippen LogP contribution in [0.15, 0.2) is 36.4 Å². The molecule has 0 aliphatic rings. The summed E-state index contributed by atoms with van der Waals surface area (Å²) in [7, 11) is 0. The van der Waals surface area contributed by atoms with Crippen LogP contribution in [0.1, 0.15) is 10.6 Å². The first-order valence-electron chi connectivity index (χ1n) is 5.37. The van der Waals surface area contributed by atoms with E-state index in [2.05, 4.69) is 10.2 Å². The zero-order chi connectivity index (χ0) is 13.9. The largest absolute Gasteiger partial charge is 0.416 e. The Hall–Kier alpha value is -1.89. The molecule has 0 spiro atoms. The third-order valence-electron chi connectivity index (χ3n) is 2.35. The molecule has 2 aromatic rings. The monoisotopic (exact) mass is 285 g/mol. The van der Waals surface area contributed by atoms with Crippen molar-refractivity contribution >= 4 is 22.0 Å². The van der Waals surface area contributed by atoms with Gasteiger partial charge in [0.1, 0.15) is 5.01 Å². The quantitative estimate of drug-likeness (QED) is 0.941. The van der Waals surface area contributed by atoms with Gasteiger partial charge < -0.3 is 5.73 Å². The Balaban J connectivity index is 2.29. The maximum atomic E-state index is 13.0. The number of nitrogen functional groups attached to an aromatic ring is 1. The molecule has 0 bridgehead atoms. The second-order valence-corrected chi connectivity index (χ2v) is 4.81. The summed E-state index contributed by atoms with van der Waals surface area (Å²) in [4.78, 5) is 0. The Labute approximate surface area is 111 Å². The summed E-state index contributed by atoms with van der Waals surface area (Å²) in [5.41, 5.74) is 4.84. The number of nitrogens with zero attached hydrogens (tertiary/aromatic N) is 2. The zero-order valence-corrected chi connectivity index (χ0v) is 10.5. The first-order valence-corrected chi connectivity index (χ1v) is 6.19. The number of alkyl halides is 3. The highest BCUT2D eigenvalue weighted by Crippen LogP contribution is 2.34. The van der Waals surface area contributed by atoms with Crippen LogP contribution in [0.3, 0.4) is 0 Å². The average molecular weight is 285 g/mol. The number of benzene rings is 1. The van der Waals surface area contributed by atoms with E-state index in [1.165, 1.54) is 12.1 Å². The van der Waals surface area contributed by atoms with Crippen molar-refractivity contribution in [1.82, 2.24) is 10.2 Å². The molecule has 0 radical (unpaired) electrons. The molecule has 0 unspecified atom stereocenters. The average Bonchev–Trinajstić information content (AvgIpc) is 2.75. The van der Waals surface area contributed by atoms with Crippen LogP contribution in [-0.2, 0) is 6.42 Å². The summed E-state index contributed by atoms with van der Waals surface area (Å²) in [5, 5.41) is 7.96. The molecular weight excluding hydrogens is 275 g/mol. The first-order chi connectivity index (χ1) is 8.97. The van der Waals surface area contributed by atoms with E-state index in [4.69, 9.17) is 5.73 Å². The molecular formula is C12H10F3N3S. The van der Waals surface area contributed by atoms with E-state index in [-0.39, 0.29) is 17.1 Å². The van der Waals surface area contributed by atoms with E-state index >= 15 is 0 Å². The van der Waals surface area contributed by atoms with Crippen LogP contribution < -0.4 is 5.73 Å². The second-order valence-electron chi connectivity index (χ2n) is 3.72. The number of rotatable bonds is 3. The number of aromatic nitrogens is 2. The van der Waals surface area contributed by atoms with E-state index < -0.39 is 11.7 Å². The summed E-state index contributed by atoms with van der Waals surface area (Å²) in [6.45, 7) is 0. The van der Waals surface area contributed by atoms with Crippen LogP contribution in [-0.4, -0.2) is 16.4 Å². The van der Waals surface area contributed by atoms with Crippen LogP contribution >= 0.6 is 11.3 Å². The van der Waals surface area contributed by atoms with Gasteiger partial charge in [0.05, 0.1) is 5.57 Å². The molecule has 0 atom stereocenters. The van der Waals surface area contributed by atoms with E-state index in [1.54, 1.807) is 18.2 Å². The summed E-state index contributed by atoms with van der Waals surface area (Å²) >= 11 is 1.08. The van der Waals surface area contributed by atoms with Gasteiger partial charge in [0, 0.05) is 6.42 Å². The van der Waals surface area contributed by atoms with E-state index in [9.17, 15) is 13.2 Å². The fourth-order valence-electron chi connectivity index (χ4n) is 1.55. The number of allylic oxidation sites excluding steroid dienone is 2. The summed E-state index contributed by atoms with van der Waals surface area (Å²) in [6.07, 6.45) is -3.24. The molecule has 19 heavy (non-hydrogen) atoms. The molecule has 100 valence electrons. The SMILES string of the molecule is Nc1nnc(CC=C(c2ccccc2)C(F)(F)F)s1. The highest BCUT2D eigenvalue weighted by molar-refractivity contribution is 7.15. The van der Waals surface area contributed by atoms with E-state index in [0.717, 1.165) is 17.4 Å². The van der Waals surface area contributed by atoms with Gasteiger partial charge in [-0.05, 0) is 5.56 Å². The second kappa shape index (κ2) is 5.40. The molecule has 2 rings (SSSR count). The Morgan fingerprint density at radius 2 is 1.89 bits per heavy atom. The van der Waals surface area contributed by atoms with E-state index in [1.807, 2.05) is 0 Å². The third kappa shape index (κ3) is 3.54. The van der Waals surface area contributed by atoms with Gasteiger partial charge in [0.15, 0.2) is 0 Å². The topological polar surface area (TPSA) is 51.8 Å². The van der Waals surface area contributed by atoms with Crippen molar-refractivity contribution in [2.75, 3.05) is 5.73 Å². The minimum absolute atomic E-state index is 0.0542. The van der Waals surface area contributed by atoms with Gasteiger partial charge in [-0.1, -0.05) is 47.7 Å². The summed E-state index contributed by atoms with van der Waals surface area (Å²) < 4.78 is 39.0. The Morgan fingerprint density at radius 1 is 1.21 bits per heavy atom. The highest BCUT2D eigenvalue weighted by Gasteiger charge is 2.34. The van der Waals surface area contributed by atoms with E-state index in [0.29, 0.717) is 5.01 Å². The summed E-state index contributed by atoms with van der Waals surface area (Å²) in [5.74, 6) is 0. The maximum absolute atomic E-state index is 13.0. The number of hydrogen-bond donors (Lipinski definition) is 1. The lowest BCUT2D eigenvalue weighted by atomic mass is 10.0. The molecule has 0 aliphatic heterocycles. The molecule has 1 aromatic carbocycles. The lowest BCUT2D eigenvalue weighted by Crippen LogP contribution is -2.11. The fourth-order valence-corrected chi connectivity index (χ4v) is 2.12. The smallest absolute Gasteiger partial charge is 0.374 e. The predicted molar refractivity (Wildman–Crippen MR) is 68.5 cm³/mol. The number of anilines is 1. The molecule has 0 saturated heterocycles. The summed E-state index contributed by atoms with van der Waals surface area (Å²) in [6, 6.07) is 7.65. The zero-order valence-electron chi connectivity index (χ0n) is 9.69. The van der Waals surface area contributed by atoms with Gasteiger partial charge in [-0.25, -0.2) is 0 Å². The Morgan fingerprint density at radius 3 is 2.42 bits per heavy atom. The molecule has 0 aliphatic carbocycles. The Kier molecular flexibility index (Phi) is 3.84. The van der Waals surface area contributed by atoms with Gasteiger partial charge in [0.2, 0.25) is 5.13 Å². The van der Waals surface area contributed by atoms with Crippen molar-refractivity contribution in [2.24, 2.45) is 0 Å². The van der Waals surface area contributed by atoms with Crippen molar-refractivity contribution in [3.05, 3.63) is 47.0 Å². The molecule has 1 heterocycles. The normalized spacial score (nSPS) is 12.7. The lowest BCUT2D eigenvalue weighted by molar-refractivity contribution is -0.0690. The third-order valence-corrected chi connectivity index (χ3v) is 3.13. The van der Waals surface area contributed by atoms with Gasteiger partial charge in [0.25, 0.3) is 0 Å². The minimum Gasteiger partial charge on any atom is -0.374 e. The molecule has 3 nitrogen and oxygen atoms in total. The molecule has 2 N–H and O–H groups in total. The lowest BCUT2D eigenvalue weighted by Gasteiger charge is -2.11. The first kappa shape index (κ1) is 13.5. The van der Waals surface area contributed by atoms with Crippen LogP contribution in [0.5, 0.6) is 0 Å². The van der Waals surface area contributed by atoms with Crippen LogP contribution in [0.25, 0.3) is 5.57 Å². The van der Waals surface area contributed by atoms with Gasteiger partial charge in [-0.3, -0.25) is 0 Å². The van der Waals surface area contributed by atoms with Gasteiger partial charge >= 0.3 is 6.18 Å².